The second-order valence-electron chi connectivity index (χ2n) is 6.07. The van der Waals surface area contributed by atoms with Crippen LogP contribution in [0.15, 0.2) is 67.0 Å². The van der Waals surface area contributed by atoms with Gasteiger partial charge < -0.3 is 0 Å². The Balaban J connectivity index is 1.47. The van der Waals surface area contributed by atoms with Gasteiger partial charge in [0.2, 0.25) is 0 Å². The first-order valence-electron chi connectivity index (χ1n) is 8.19. The van der Waals surface area contributed by atoms with Crippen molar-refractivity contribution in [2.45, 2.75) is 13.8 Å². The molecule has 4 rings (SSSR count). The van der Waals surface area contributed by atoms with Crippen LogP contribution in [0.25, 0.3) is 16.8 Å². The lowest BCUT2D eigenvalue weighted by Crippen LogP contribution is -2.11. The maximum atomic E-state index is 4.41. The molecule has 0 bridgehead atoms. The molecule has 0 unspecified atom stereocenters. The summed E-state index contributed by atoms with van der Waals surface area (Å²) in [6.45, 7) is 4.27. The van der Waals surface area contributed by atoms with Gasteiger partial charge in [-0.15, -0.1) is 5.10 Å². The van der Waals surface area contributed by atoms with Crippen molar-refractivity contribution in [3.05, 3.63) is 78.1 Å². The summed E-state index contributed by atoms with van der Waals surface area (Å²) < 4.78 is 1.73. The van der Waals surface area contributed by atoms with Crippen LogP contribution in [-0.2, 0) is 0 Å². The first kappa shape index (κ1) is 15.2. The highest BCUT2D eigenvalue weighted by Gasteiger charge is 2.01. The minimum atomic E-state index is 0.726. The molecule has 124 valence electrons. The third-order valence-electron chi connectivity index (χ3n) is 4.32. The number of hydrazine groups is 1. The molecule has 0 atom stereocenters. The van der Waals surface area contributed by atoms with Gasteiger partial charge in [-0.3, -0.25) is 10.9 Å². The molecule has 0 saturated carbocycles. The molecule has 2 aromatic carbocycles. The summed E-state index contributed by atoms with van der Waals surface area (Å²) in [7, 11) is 0. The maximum Gasteiger partial charge on any atom is 0.165 e. The number of aryl methyl sites for hydroxylation is 2. The highest BCUT2D eigenvalue weighted by atomic mass is 15.4. The molecule has 0 aliphatic heterocycles. The standard InChI is InChI=1S/C20H19N5/c1-14-3-4-17(13-15(14)2)16-5-7-18(8-6-16)22-23-19-9-10-20-21-11-12-25(20)24-19/h3-13,22H,1-2H3,(H,23,24). The fourth-order valence-corrected chi connectivity index (χ4v) is 2.69. The Morgan fingerprint density at radius 2 is 1.60 bits per heavy atom. The van der Waals surface area contributed by atoms with E-state index in [9.17, 15) is 0 Å². The lowest BCUT2D eigenvalue weighted by Gasteiger charge is -2.10. The largest absolute Gasteiger partial charge is 0.300 e. The maximum absolute atomic E-state index is 4.41. The van der Waals surface area contributed by atoms with Crippen molar-refractivity contribution >= 4 is 17.2 Å². The highest BCUT2D eigenvalue weighted by Crippen LogP contribution is 2.23. The summed E-state index contributed by atoms with van der Waals surface area (Å²) in [5.74, 6) is 0.726. The van der Waals surface area contributed by atoms with Crippen molar-refractivity contribution in [3.8, 4) is 11.1 Å². The lowest BCUT2D eigenvalue weighted by molar-refractivity contribution is 0.938. The van der Waals surface area contributed by atoms with E-state index in [-0.39, 0.29) is 0 Å². The molecule has 0 amide bonds. The number of nitrogens with zero attached hydrogens (tertiary/aromatic N) is 3. The van der Waals surface area contributed by atoms with E-state index in [2.05, 4.69) is 65.1 Å². The zero-order valence-corrected chi connectivity index (χ0v) is 14.2. The van der Waals surface area contributed by atoms with Crippen molar-refractivity contribution in [2.24, 2.45) is 0 Å². The molecule has 2 aromatic heterocycles. The summed E-state index contributed by atoms with van der Waals surface area (Å²) in [6.07, 6.45) is 3.55. The van der Waals surface area contributed by atoms with E-state index in [0.717, 1.165) is 17.2 Å². The first-order chi connectivity index (χ1) is 12.2. The fourth-order valence-electron chi connectivity index (χ4n) is 2.69. The molecule has 0 aliphatic rings. The topological polar surface area (TPSA) is 54.2 Å². The smallest absolute Gasteiger partial charge is 0.165 e. The number of fused-ring (bicyclic) bond motifs is 1. The second-order valence-corrected chi connectivity index (χ2v) is 6.07. The van der Waals surface area contributed by atoms with Crippen molar-refractivity contribution < 1.29 is 0 Å². The molecule has 25 heavy (non-hydrogen) atoms. The van der Waals surface area contributed by atoms with Gasteiger partial charge in [-0.1, -0.05) is 30.3 Å². The summed E-state index contributed by atoms with van der Waals surface area (Å²) in [5.41, 5.74) is 13.1. The summed E-state index contributed by atoms with van der Waals surface area (Å²) >= 11 is 0. The fraction of sp³-hybridized carbons (Fsp3) is 0.100. The first-order valence-corrected chi connectivity index (χ1v) is 8.19. The Morgan fingerprint density at radius 1 is 0.800 bits per heavy atom. The minimum absolute atomic E-state index is 0.726. The van der Waals surface area contributed by atoms with Crippen molar-refractivity contribution in [3.63, 3.8) is 0 Å². The predicted octanol–water partition coefficient (Wildman–Crippen LogP) is 4.45. The summed E-state index contributed by atoms with van der Waals surface area (Å²) in [5, 5.41) is 4.41. The minimum Gasteiger partial charge on any atom is -0.300 e. The molecule has 4 aromatic rings. The lowest BCUT2D eigenvalue weighted by atomic mass is 10.0. The van der Waals surface area contributed by atoms with Gasteiger partial charge >= 0.3 is 0 Å². The van der Waals surface area contributed by atoms with E-state index in [0.29, 0.717) is 0 Å². The summed E-state index contributed by atoms with van der Waals surface area (Å²) in [6, 6.07) is 18.7. The Labute approximate surface area is 146 Å². The van der Waals surface area contributed by atoms with E-state index in [1.165, 1.54) is 22.3 Å². The molecule has 0 saturated heterocycles. The van der Waals surface area contributed by atoms with Crippen molar-refractivity contribution in [1.29, 1.82) is 0 Å². The van der Waals surface area contributed by atoms with Gasteiger partial charge in [0.05, 0.1) is 5.69 Å². The average molecular weight is 329 g/mol. The van der Waals surface area contributed by atoms with E-state index in [1.807, 2.05) is 30.5 Å². The number of hydrogen-bond acceptors (Lipinski definition) is 4. The second kappa shape index (κ2) is 6.28. The third-order valence-corrected chi connectivity index (χ3v) is 4.32. The SMILES string of the molecule is Cc1ccc(-c2ccc(NNc3ccc4nccn4n3)cc2)cc1C. The number of imidazole rings is 1. The van der Waals surface area contributed by atoms with Gasteiger partial charge in [-0.05, 0) is 60.4 Å². The molecular weight excluding hydrogens is 310 g/mol. The van der Waals surface area contributed by atoms with Crippen LogP contribution in [0, 0.1) is 13.8 Å². The van der Waals surface area contributed by atoms with Crippen LogP contribution in [0.1, 0.15) is 11.1 Å². The molecule has 5 nitrogen and oxygen atoms in total. The van der Waals surface area contributed by atoms with E-state index in [1.54, 1.807) is 10.7 Å². The van der Waals surface area contributed by atoms with Gasteiger partial charge in [-0.25, -0.2) is 9.50 Å². The Bertz CT molecular complexity index is 1020. The van der Waals surface area contributed by atoms with Crippen LogP contribution in [0.2, 0.25) is 0 Å². The Kier molecular flexibility index (Phi) is 3.82. The molecule has 0 spiro atoms. The molecule has 5 heteroatoms. The Morgan fingerprint density at radius 3 is 2.40 bits per heavy atom. The Hall–Kier alpha value is -3.34. The van der Waals surface area contributed by atoms with E-state index < -0.39 is 0 Å². The molecule has 0 radical (unpaired) electrons. The number of aromatic nitrogens is 3. The molecule has 0 aliphatic carbocycles. The molecule has 2 heterocycles. The van der Waals surface area contributed by atoms with Crippen molar-refractivity contribution in [1.82, 2.24) is 14.6 Å². The van der Waals surface area contributed by atoms with Crippen LogP contribution in [0.5, 0.6) is 0 Å². The van der Waals surface area contributed by atoms with Gasteiger partial charge in [0, 0.05) is 12.4 Å². The van der Waals surface area contributed by atoms with E-state index >= 15 is 0 Å². The number of hydrogen-bond donors (Lipinski definition) is 2. The van der Waals surface area contributed by atoms with E-state index in [4.69, 9.17) is 0 Å². The number of rotatable bonds is 4. The predicted molar refractivity (Wildman–Crippen MR) is 102 cm³/mol. The molecule has 0 fully saturated rings. The van der Waals surface area contributed by atoms with Crippen LogP contribution < -0.4 is 10.9 Å². The monoisotopic (exact) mass is 329 g/mol. The number of nitrogens with one attached hydrogen (secondary N) is 2. The third kappa shape index (κ3) is 3.17. The van der Waals surface area contributed by atoms with Gasteiger partial charge in [0.1, 0.15) is 0 Å². The number of benzene rings is 2. The van der Waals surface area contributed by atoms with Crippen LogP contribution >= 0.6 is 0 Å². The van der Waals surface area contributed by atoms with Gasteiger partial charge in [0.25, 0.3) is 0 Å². The zero-order chi connectivity index (χ0) is 17.2. The quantitative estimate of drug-likeness (QED) is 0.543. The highest BCUT2D eigenvalue weighted by molar-refractivity contribution is 5.67. The molecular formula is C20H19N5. The summed E-state index contributed by atoms with van der Waals surface area (Å²) in [4.78, 5) is 4.18. The van der Waals surface area contributed by atoms with Crippen LogP contribution in [0.3, 0.4) is 0 Å². The molecule has 2 N–H and O–H groups in total. The van der Waals surface area contributed by atoms with Crippen LogP contribution in [0.4, 0.5) is 11.5 Å². The zero-order valence-electron chi connectivity index (χ0n) is 14.2. The number of anilines is 2. The average Bonchev–Trinajstić information content (AvgIpc) is 3.10. The van der Waals surface area contributed by atoms with Gasteiger partial charge in [0.15, 0.2) is 11.5 Å². The van der Waals surface area contributed by atoms with Crippen molar-refractivity contribution in [2.75, 3.05) is 10.9 Å². The normalized spacial score (nSPS) is 10.8. The van der Waals surface area contributed by atoms with Gasteiger partial charge in [-0.2, -0.15) is 0 Å². The van der Waals surface area contributed by atoms with Crippen LogP contribution in [-0.4, -0.2) is 14.6 Å².